The van der Waals surface area contributed by atoms with Crippen LogP contribution in [0.1, 0.15) is 49.2 Å². The van der Waals surface area contributed by atoms with Crippen molar-refractivity contribution in [2.24, 2.45) is 0 Å². The molecule has 6 heteroatoms. The normalized spacial score (nSPS) is 19.1. The van der Waals surface area contributed by atoms with Gasteiger partial charge in [-0.15, -0.1) is 11.3 Å². The van der Waals surface area contributed by atoms with E-state index in [-0.39, 0.29) is 23.4 Å². The van der Waals surface area contributed by atoms with E-state index in [9.17, 15) is 9.59 Å². The highest BCUT2D eigenvalue weighted by Gasteiger charge is 2.37. The van der Waals surface area contributed by atoms with Crippen LogP contribution in [0.5, 0.6) is 0 Å². The highest BCUT2D eigenvalue weighted by atomic mass is 32.1. The van der Waals surface area contributed by atoms with Crippen molar-refractivity contribution in [2.75, 3.05) is 0 Å². The molecule has 0 spiro atoms. The number of nitrogens with zero attached hydrogens (tertiary/aromatic N) is 1. The van der Waals surface area contributed by atoms with Crippen molar-refractivity contribution >= 4 is 23.2 Å². The van der Waals surface area contributed by atoms with E-state index in [1.54, 1.807) is 6.20 Å². The minimum atomic E-state index is -0.368. The van der Waals surface area contributed by atoms with Crippen molar-refractivity contribution in [3.05, 3.63) is 76.7 Å². The Kier molecular flexibility index (Phi) is 6.47. The molecule has 0 aliphatic carbocycles. The van der Waals surface area contributed by atoms with E-state index in [2.05, 4.69) is 52.0 Å². The molecule has 2 N–H and O–H groups in total. The van der Waals surface area contributed by atoms with Crippen LogP contribution in [0.4, 0.5) is 0 Å². The molecule has 3 aromatic rings. The zero-order valence-electron chi connectivity index (χ0n) is 17.6. The number of carbonyl (C=O) groups is 2. The first-order chi connectivity index (χ1) is 15.0. The van der Waals surface area contributed by atoms with E-state index in [0.29, 0.717) is 19.3 Å². The highest BCUT2D eigenvalue weighted by molar-refractivity contribution is 7.09. The molecule has 2 aromatic carbocycles. The Bertz CT molecular complexity index is 1020. The zero-order chi connectivity index (χ0) is 21.7. The molecule has 2 heterocycles. The van der Waals surface area contributed by atoms with Crippen LogP contribution in [-0.4, -0.2) is 22.3 Å². The lowest BCUT2D eigenvalue weighted by Crippen LogP contribution is -2.44. The first-order valence-corrected chi connectivity index (χ1v) is 11.6. The minimum absolute atomic E-state index is 0.0114. The monoisotopic (exact) mass is 433 g/mol. The summed E-state index contributed by atoms with van der Waals surface area (Å²) >= 11 is 1.53. The van der Waals surface area contributed by atoms with Gasteiger partial charge in [-0.25, -0.2) is 4.98 Å². The first kappa shape index (κ1) is 21.2. The van der Waals surface area contributed by atoms with Crippen molar-refractivity contribution in [3.63, 3.8) is 0 Å². The summed E-state index contributed by atoms with van der Waals surface area (Å²) in [6, 6.07) is 18.7. The zero-order valence-corrected chi connectivity index (χ0v) is 18.5. The number of nitrogens with one attached hydrogen (secondary N) is 2. The molecule has 4 rings (SSSR count). The summed E-state index contributed by atoms with van der Waals surface area (Å²) in [4.78, 5) is 28.8. The molecule has 0 bridgehead atoms. The Morgan fingerprint density at radius 2 is 1.90 bits per heavy atom. The summed E-state index contributed by atoms with van der Waals surface area (Å²) in [5, 5.41) is 9.00. The van der Waals surface area contributed by atoms with Gasteiger partial charge in [-0.1, -0.05) is 54.6 Å². The van der Waals surface area contributed by atoms with E-state index in [0.717, 1.165) is 17.8 Å². The third kappa shape index (κ3) is 5.39. The Hall–Kier alpha value is -2.99. The van der Waals surface area contributed by atoms with Gasteiger partial charge < -0.3 is 10.6 Å². The molecule has 1 aromatic heterocycles. The fourth-order valence-electron chi connectivity index (χ4n) is 4.19. The molecule has 2 unspecified atom stereocenters. The van der Waals surface area contributed by atoms with Gasteiger partial charge in [0.2, 0.25) is 11.8 Å². The predicted octanol–water partition coefficient (Wildman–Crippen LogP) is 4.66. The number of aromatic nitrogens is 1. The maximum Gasteiger partial charge on any atom is 0.220 e. The molecular weight excluding hydrogens is 406 g/mol. The van der Waals surface area contributed by atoms with Crippen LogP contribution < -0.4 is 10.6 Å². The Labute approximate surface area is 186 Å². The minimum Gasteiger partial charge on any atom is -0.350 e. The van der Waals surface area contributed by atoms with Crippen LogP contribution in [-0.2, 0) is 16.0 Å². The average molecular weight is 434 g/mol. The molecule has 0 radical (unpaired) electrons. The number of amides is 2. The molecular formula is C25H27N3O2S. The van der Waals surface area contributed by atoms with E-state index in [4.69, 9.17) is 0 Å². The summed E-state index contributed by atoms with van der Waals surface area (Å²) in [5.41, 5.74) is 3.15. The molecule has 2 amide bonds. The van der Waals surface area contributed by atoms with Gasteiger partial charge in [0, 0.05) is 30.0 Å². The summed E-state index contributed by atoms with van der Waals surface area (Å²) in [6.07, 6.45) is 4.73. The fourth-order valence-corrected chi connectivity index (χ4v) is 4.84. The summed E-state index contributed by atoms with van der Waals surface area (Å²) < 4.78 is 0. The largest absolute Gasteiger partial charge is 0.350 e. The second-order valence-corrected chi connectivity index (χ2v) is 9.15. The number of hydrogen-bond donors (Lipinski definition) is 2. The van der Waals surface area contributed by atoms with Gasteiger partial charge in [-0.05, 0) is 42.9 Å². The number of carbonyl (C=O) groups excluding carboxylic acids is 2. The van der Waals surface area contributed by atoms with E-state index in [1.807, 2.05) is 30.5 Å². The summed E-state index contributed by atoms with van der Waals surface area (Å²) in [5.74, 6) is 0.0557. The van der Waals surface area contributed by atoms with Gasteiger partial charge in [0.15, 0.2) is 0 Å². The van der Waals surface area contributed by atoms with Crippen LogP contribution >= 0.6 is 11.3 Å². The molecule has 31 heavy (non-hydrogen) atoms. The molecule has 1 aliphatic rings. The number of rotatable bonds is 8. The average Bonchev–Trinajstić information content (AvgIpc) is 3.44. The van der Waals surface area contributed by atoms with E-state index in [1.165, 1.54) is 28.0 Å². The molecule has 1 aliphatic heterocycles. The van der Waals surface area contributed by atoms with Gasteiger partial charge in [-0.2, -0.15) is 0 Å². The maximum absolute atomic E-state index is 12.5. The van der Waals surface area contributed by atoms with Crippen LogP contribution in [0.15, 0.2) is 66.2 Å². The van der Waals surface area contributed by atoms with E-state index < -0.39 is 0 Å². The smallest absolute Gasteiger partial charge is 0.220 e. The topological polar surface area (TPSA) is 71.1 Å². The molecule has 1 saturated heterocycles. The van der Waals surface area contributed by atoms with Gasteiger partial charge in [0.1, 0.15) is 5.01 Å². The number of benzene rings is 2. The van der Waals surface area contributed by atoms with Crippen LogP contribution in [0.25, 0.3) is 11.1 Å². The standard InChI is InChI=1S/C25H27N3O2S/c1-18(24-26-15-16-31-24)27-22(29)11-13-25(14-12-23(30)28-25)17-19-7-9-21(10-8-19)20-5-3-2-4-6-20/h2-10,15-16,18H,11-14,17H2,1H3,(H,27,29)(H,28,30). The number of thiazole rings is 1. The number of hydrogen-bond acceptors (Lipinski definition) is 4. The molecule has 5 nitrogen and oxygen atoms in total. The van der Waals surface area contributed by atoms with Crippen LogP contribution in [0, 0.1) is 0 Å². The Balaban J connectivity index is 1.39. The van der Waals surface area contributed by atoms with Crippen LogP contribution in [0.2, 0.25) is 0 Å². The summed E-state index contributed by atoms with van der Waals surface area (Å²) in [7, 11) is 0. The quantitative estimate of drug-likeness (QED) is 0.543. The first-order valence-electron chi connectivity index (χ1n) is 10.7. The van der Waals surface area contributed by atoms with Crippen molar-refractivity contribution < 1.29 is 9.59 Å². The third-order valence-electron chi connectivity index (χ3n) is 5.87. The van der Waals surface area contributed by atoms with Crippen molar-refractivity contribution in [2.45, 2.75) is 50.6 Å². The Morgan fingerprint density at radius 3 is 2.55 bits per heavy atom. The molecule has 160 valence electrons. The maximum atomic E-state index is 12.5. The van der Waals surface area contributed by atoms with Crippen molar-refractivity contribution in [3.8, 4) is 11.1 Å². The van der Waals surface area contributed by atoms with Crippen molar-refractivity contribution in [1.29, 1.82) is 0 Å². The van der Waals surface area contributed by atoms with Gasteiger partial charge in [0.05, 0.1) is 6.04 Å². The molecule has 1 fully saturated rings. The van der Waals surface area contributed by atoms with Gasteiger partial charge in [0.25, 0.3) is 0 Å². The highest BCUT2D eigenvalue weighted by Crippen LogP contribution is 2.30. The lowest BCUT2D eigenvalue weighted by molar-refractivity contribution is -0.123. The third-order valence-corrected chi connectivity index (χ3v) is 6.83. The van der Waals surface area contributed by atoms with E-state index >= 15 is 0 Å². The molecule has 0 saturated carbocycles. The summed E-state index contributed by atoms with van der Waals surface area (Å²) in [6.45, 7) is 1.94. The molecule has 2 atom stereocenters. The van der Waals surface area contributed by atoms with Crippen molar-refractivity contribution in [1.82, 2.24) is 15.6 Å². The van der Waals surface area contributed by atoms with Gasteiger partial charge in [-0.3, -0.25) is 9.59 Å². The SMILES string of the molecule is CC(NC(=O)CCC1(Cc2ccc(-c3ccccc3)cc2)CCC(=O)N1)c1nccs1. The predicted molar refractivity (Wildman–Crippen MR) is 124 cm³/mol. The fraction of sp³-hybridized carbons (Fsp3) is 0.320. The second-order valence-electron chi connectivity index (χ2n) is 8.23. The second kappa shape index (κ2) is 9.43. The lowest BCUT2D eigenvalue weighted by Gasteiger charge is -2.29. The lowest BCUT2D eigenvalue weighted by atomic mass is 9.84. The van der Waals surface area contributed by atoms with Gasteiger partial charge >= 0.3 is 0 Å². The van der Waals surface area contributed by atoms with Crippen LogP contribution in [0.3, 0.4) is 0 Å². The Morgan fingerprint density at radius 1 is 1.16 bits per heavy atom.